The Hall–Kier alpha value is -1.32. The van der Waals surface area contributed by atoms with Gasteiger partial charge in [-0.3, -0.25) is 4.79 Å². The monoisotopic (exact) mass is 280 g/mol. The van der Waals surface area contributed by atoms with Crippen LogP contribution in [0, 0.1) is 0 Å². The van der Waals surface area contributed by atoms with Gasteiger partial charge in [0.25, 0.3) is 0 Å². The number of hydrogen-bond donors (Lipinski definition) is 0. The zero-order valence-corrected chi connectivity index (χ0v) is 11.9. The van der Waals surface area contributed by atoms with Crippen LogP contribution in [0.5, 0.6) is 0 Å². The molecule has 0 aliphatic rings. The number of carbonyl (C=O) groups is 1. The van der Waals surface area contributed by atoms with E-state index in [1.54, 1.807) is 24.3 Å². The molecule has 0 amide bonds. The summed E-state index contributed by atoms with van der Waals surface area (Å²) in [6.45, 7) is 4.43. The summed E-state index contributed by atoms with van der Waals surface area (Å²) in [5, 5.41) is 1.46. The molecule has 1 aromatic carbocycles. The van der Waals surface area contributed by atoms with E-state index >= 15 is 0 Å². The van der Waals surface area contributed by atoms with Gasteiger partial charge in [-0.05, 0) is 37.6 Å². The predicted molar refractivity (Wildman–Crippen MR) is 75.9 cm³/mol. The lowest BCUT2D eigenvalue weighted by atomic mass is 10.1. The van der Waals surface area contributed by atoms with Crippen LogP contribution in [0.2, 0.25) is 5.02 Å². The van der Waals surface area contributed by atoms with Crippen LogP contribution in [0.1, 0.15) is 37.2 Å². The molecule has 19 heavy (non-hydrogen) atoms. The lowest BCUT2D eigenvalue weighted by Crippen LogP contribution is -2.23. The van der Waals surface area contributed by atoms with E-state index in [2.05, 4.69) is 0 Å². The van der Waals surface area contributed by atoms with Gasteiger partial charge in [0.15, 0.2) is 5.76 Å². The Kier molecular flexibility index (Phi) is 4.61. The minimum Gasteiger partial charge on any atom is -0.453 e. The fourth-order valence-corrected chi connectivity index (χ4v) is 2.23. The van der Waals surface area contributed by atoms with E-state index in [1.807, 2.05) is 13.8 Å². The molecule has 0 bridgehead atoms. The predicted octanol–water partition coefficient (Wildman–Crippen LogP) is 4.47. The van der Waals surface area contributed by atoms with Crippen molar-refractivity contribution in [2.24, 2.45) is 0 Å². The minimum absolute atomic E-state index is 0.101. The smallest absolute Gasteiger partial charge is 0.226 e. The molecule has 1 heterocycles. The van der Waals surface area contributed by atoms with Crippen LogP contribution >= 0.6 is 11.6 Å². The Morgan fingerprint density at radius 2 is 2.16 bits per heavy atom. The molecule has 0 saturated heterocycles. The summed E-state index contributed by atoms with van der Waals surface area (Å²) in [7, 11) is 0. The highest BCUT2D eigenvalue weighted by Crippen LogP contribution is 2.24. The van der Waals surface area contributed by atoms with E-state index in [0.717, 1.165) is 11.8 Å². The molecule has 102 valence electrons. The van der Waals surface area contributed by atoms with Crippen molar-refractivity contribution in [3.63, 3.8) is 0 Å². The van der Waals surface area contributed by atoms with E-state index in [0.29, 0.717) is 29.4 Å². The summed E-state index contributed by atoms with van der Waals surface area (Å²) in [4.78, 5) is 12.3. The van der Waals surface area contributed by atoms with Crippen LogP contribution < -0.4 is 0 Å². The molecule has 1 aromatic heterocycles. The van der Waals surface area contributed by atoms with Crippen LogP contribution in [0.3, 0.4) is 0 Å². The van der Waals surface area contributed by atoms with Crippen molar-refractivity contribution < 1.29 is 13.9 Å². The number of ether oxygens (including phenoxy) is 1. The van der Waals surface area contributed by atoms with Crippen molar-refractivity contribution in [1.82, 2.24) is 0 Å². The Morgan fingerprint density at radius 1 is 1.37 bits per heavy atom. The van der Waals surface area contributed by atoms with Gasteiger partial charge >= 0.3 is 0 Å². The topological polar surface area (TPSA) is 39.4 Å². The molecule has 0 radical (unpaired) electrons. The van der Waals surface area contributed by atoms with Gasteiger partial charge in [0.05, 0.1) is 0 Å². The molecule has 0 fully saturated rings. The molecular formula is C15H17ClO3. The SMILES string of the molecule is CCCC(OCC)C(=O)c1cc2cc(Cl)ccc2o1. The summed E-state index contributed by atoms with van der Waals surface area (Å²) in [5.74, 6) is 0.236. The van der Waals surface area contributed by atoms with Crippen LogP contribution in [0.25, 0.3) is 11.0 Å². The molecule has 1 unspecified atom stereocenters. The van der Waals surface area contributed by atoms with Crippen molar-refractivity contribution in [1.29, 1.82) is 0 Å². The normalized spacial score (nSPS) is 12.8. The summed E-state index contributed by atoms with van der Waals surface area (Å²) in [6.07, 6.45) is 1.17. The number of benzene rings is 1. The van der Waals surface area contributed by atoms with Crippen molar-refractivity contribution in [3.8, 4) is 0 Å². The highest BCUT2D eigenvalue weighted by molar-refractivity contribution is 6.31. The molecular weight excluding hydrogens is 264 g/mol. The first-order chi connectivity index (χ1) is 9.15. The van der Waals surface area contributed by atoms with E-state index in [4.69, 9.17) is 20.8 Å². The second-order valence-electron chi connectivity index (χ2n) is 4.39. The molecule has 3 nitrogen and oxygen atoms in total. The van der Waals surface area contributed by atoms with Crippen molar-refractivity contribution in [2.75, 3.05) is 6.61 Å². The average Bonchev–Trinajstić information content (AvgIpc) is 2.80. The molecule has 2 aromatic rings. The molecule has 2 rings (SSSR count). The molecule has 0 aliphatic heterocycles. The number of carbonyl (C=O) groups excluding carboxylic acids is 1. The standard InChI is InChI=1S/C15H17ClO3/c1-3-5-13(18-4-2)15(17)14-9-10-8-11(16)6-7-12(10)19-14/h6-9,13H,3-5H2,1-2H3. The maximum absolute atomic E-state index is 12.3. The van der Waals surface area contributed by atoms with Gasteiger partial charge < -0.3 is 9.15 Å². The number of rotatable bonds is 6. The van der Waals surface area contributed by atoms with E-state index in [9.17, 15) is 4.79 Å². The maximum atomic E-state index is 12.3. The third-order valence-electron chi connectivity index (χ3n) is 2.93. The molecule has 0 aliphatic carbocycles. The lowest BCUT2D eigenvalue weighted by molar-refractivity contribution is 0.0401. The van der Waals surface area contributed by atoms with Gasteiger partial charge in [-0.25, -0.2) is 0 Å². The number of furan rings is 1. The van der Waals surface area contributed by atoms with Crippen LogP contribution in [-0.4, -0.2) is 18.5 Å². The van der Waals surface area contributed by atoms with Crippen molar-refractivity contribution >= 4 is 28.4 Å². The molecule has 0 spiro atoms. The van der Waals surface area contributed by atoms with Crippen molar-refractivity contribution in [3.05, 3.63) is 35.0 Å². The zero-order valence-electron chi connectivity index (χ0n) is 11.1. The Morgan fingerprint density at radius 3 is 2.84 bits per heavy atom. The average molecular weight is 281 g/mol. The summed E-state index contributed by atoms with van der Waals surface area (Å²) in [5.41, 5.74) is 0.666. The fourth-order valence-electron chi connectivity index (χ4n) is 2.05. The van der Waals surface area contributed by atoms with Gasteiger partial charge in [-0.1, -0.05) is 24.9 Å². The third-order valence-corrected chi connectivity index (χ3v) is 3.17. The quantitative estimate of drug-likeness (QED) is 0.733. The third kappa shape index (κ3) is 3.17. The van der Waals surface area contributed by atoms with Crippen LogP contribution in [0.4, 0.5) is 0 Å². The van der Waals surface area contributed by atoms with Gasteiger partial charge in [0.2, 0.25) is 5.78 Å². The number of hydrogen-bond acceptors (Lipinski definition) is 3. The van der Waals surface area contributed by atoms with Gasteiger partial charge in [0.1, 0.15) is 11.7 Å². The second-order valence-corrected chi connectivity index (χ2v) is 4.83. The van der Waals surface area contributed by atoms with Crippen LogP contribution in [-0.2, 0) is 4.74 Å². The molecule has 4 heteroatoms. The first-order valence-electron chi connectivity index (χ1n) is 6.50. The zero-order chi connectivity index (χ0) is 13.8. The van der Waals surface area contributed by atoms with Gasteiger partial charge in [0, 0.05) is 17.0 Å². The Balaban J connectivity index is 2.29. The second kappa shape index (κ2) is 6.22. The summed E-state index contributed by atoms with van der Waals surface area (Å²) < 4.78 is 11.1. The Bertz CT molecular complexity index is 568. The largest absolute Gasteiger partial charge is 0.453 e. The first-order valence-corrected chi connectivity index (χ1v) is 6.88. The summed E-state index contributed by atoms with van der Waals surface area (Å²) >= 11 is 5.92. The Labute approximate surface area is 117 Å². The van der Waals surface area contributed by atoms with E-state index in [1.165, 1.54) is 0 Å². The highest BCUT2D eigenvalue weighted by Gasteiger charge is 2.23. The number of ketones is 1. The first kappa shape index (κ1) is 14.1. The summed E-state index contributed by atoms with van der Waals surface area (Å²) in [6, 6.07) is 7.02. The van der Waals surface area contributed by atoms with Crippen molar-refractivity contribution in [2.45, 2.75) is 32.8 Å². The van der Waals surface area contributed by atoms with Gasteiger partial charge in [-0.15, -0.1) is 0 Å². The minimum atomic E-state index is -0.425. The van der Waals surface area contributed by atoms with E-state index in [-0.39, 0.29) is 5.78 Å². The fraction of sp³-hybridized carbons (Fsp3) is 0.400. The maximum Gasteiger partial charge on any atom is 0.226 e. The van der Waals surface area contributed by atoms with Gasteiger partial charge in [-0.2, -0.15) is 0 Å². The van der Waals surface area contributed by atoms with Crippen LogP contribution in [0.15, 0.2) is 28.7 Å². The molecule has 0 saturated carbocycles. The highest BCUT2D eigenvalue weighted by atomic mass is 35.5. The number of halogens is 1. The lowest BCUT2D eigenvalue weighted by Gasteiger charge is -2.12. The number of fused-ring (bicyclic) bond motifs is 1. The van der Waals surface area contributed by atoms with E-state index < -0.39 is 6.10 Å². The molecule has 0 N–H and O–H groups in total. The number of Topliss-reactive ketones (excluding diaryl/α,β-unsaturated/α-hetero) is 1. The molecule has 1 atom stereocenters.